The summed E-state index contributed by atoms with van der Waals surface area (Å²) in [4.78, 5) is 34.9. The Kier molecular flexibility index (Phi) is 8.78. The van der Waals surface area contributed by atoms with Gasteiger partial charge in [-0.2, -0.15) is 0 Å². The van der Waals surface area contributed by atoms with Gasteiger partial charge >= 0.3 is 18.0 Å². The maximum Gasteiger partial charge on any atom is 0.408 e. The number of hydrogen-bond acceptors (Lipinski definition) is 6. The van der Waals surface area contributed by atoms with Gasteiger partial charge in [-0.25, -0.2) is 14.4 Å². The lowest BCUT2D eigenvalue weighted by Gasteiger charge is -2.16. The number of benzene rings is 1. The van der Waals surface area contributed by atoms with Crippen molar-refractivity contribution in [2.45, 2.75) is 31.9 Å². The zero-order valence-corrected chi connectivity index (χ0v) is 14.4. The second-order valence-electron chi connectivity index (χ2n) is 5.27. The summed E-state index contributed by atoms with van der Waals surface area (Å²) in [6.45, 7) is 3.71. The van der Waals surface area contributed by atoms with Gasteiger partial charge in [-0.3, -0.25) is 0 Å². The van der Waals surface area contributed by atoms with Crippen LogP contribution in [0.5, 0.6) is 0 Å². The Balaban J connectivity index is 2.46. The molecule has 1 amide bonds. The minimum absolute atomic E-state index is 0.0969. The number of hydrogen-bond donors (Lipinski definition) is 1. The molecule has 1 rings (SSSR count). The Morgan fingerprint density at radius 1 is 1.12 bits per heavy atom. The summed E-state index contributed by atoms with van der Waals surface area (Å²) < 4.78 is 14.3. The molecule has 25 heavy (non-hydrogen) atoms. The summed E-state index contributed by atoms with van der Waals surface area (Å²) in [6.07, 6.45) is 0.363. The predicted molar refractivity (Wildman–Crippen MR) is 90.6 cm³/mol. The average molecular weight is 349 g/mol. The maximum atomic E-state index is 11.9. The van der Waals surface area contributed by atoms with E-state index in [4.69, 9.17) is 4.74 Å². The molecule has 0 unspecified atom stereocenters. The molecule has 136 valence electrons. The molecule has 0 aliphatic carbocycles. The van der Waals surface area contributed by atoms with Crippen molar-refractivity contribution in [3.63, 3.8) is 0 Å². The molecule has 1 atom stereocenters. The van der Waals surface area contributed by atoms with Crippen molar-refractivity contribution in [2.75, 3.05) is 14.2 Å². The first kappa shape index (κ1) is 20.2. The fourth-order valence-corrected chi connectivity index (χ4v) is 2.06. The number of alkyl carbamates (subject to hydrolysis) is 1. The van der Waals surface area contributed by atoms with E-state index >= 15 is 0 Å². The highest BCUT2D eigenvalue weighted by atomic mass is 16.6. The van der Waals surface area contributed by atoms with E-state index < -0.39 is 24.1 Å². The number of rotatable bonds is 9. The summed E-state index contributed by atoms with van der Waals surface area (Å²) in [5.41, 5.74) is 1.14. The van der Waals surface area contributed by atoms with E-state index in [1.54, 1.807) is 0 Å². The molecule has 0 aliphatic rings. The SMILES string of the molecule is C=C(CCC[C@H](NC(=O)OCc1ccccc1)C(=O)OC)C(=O)OC. The van der Waals surface area contributed by atoms with Gasteiger partial charge in [-0.05, 0) is 24.8 Å². The molecule has 0 aromatic heterocycles. The molecule has 7 nitrogen and oxygen atoms in total. The third-order valence-corrected chi connectivity index (χ3v) is 3.44. The lowest BCUT2D eigenvalue weighted by molar-refractivity contribution is -0.143. The molecule has 0 radical (unpaired) electrons. The molecular weight excluding hydrogens is 326 g/mol. The predicted octanol–water partition coefficient (Wildman–Crippen LogP) is 2.35. The van der Waals surface area contributed by atoms with Crippen LogP contribution in [-0.2, 0) is 30.4 Å². The van der Waals surface area contributed by atoms with Crippen LogP contribution in [0.4, 0.5) is 4.79 Å². The van der Waals surface area contributed by atoms with E-state index in [-0.39, 0.29) is 13.0 Å². The molecule has 0 spiro atoms. The molecular formula is C18H23NO6. The van der Waals surface area contributed by atoms with Gasteiger partial charge in [0.25, 0.3) is 0 Å². The van der Waals surface area contributed by atoms with E-state index in [1.165, 1.54) is 14.2 Å². The summed E-state index contributed by atoms with van der Waals surface area (Å²) in [5, 5.41) is 2.47. The molecule has 1 aromatic carbocycles. The van der Waals surface area contributed by atoms with E-state index in [0.717, 1.165) is 5.56 Å². The minimum Gasteiger partial charge on any atom is -0.467 e. The zero-order valence-electron chi connectivity index (χ0n) is 14.4. The summed E-state index contributed by atoms with van der Waals surface area (Å²) >= 11 is 0. The molecule has 0 bridgehead atoms. The lowest BCUT2D eigenvalue weighted by atomic mass is 10.1. The highest BCUT2D eigenvalue weighted by Crippen LogP contribution is 2.10. The Labute approximate surface area is 146 Å². The average Bonchev–Trinajstić information content (AvgIpc) is 2.64. The Morgan fingerprint density at radius 2 is 1.80 bits per heavy atom. The summed E-state index contributed by atoms with van der Waals surface area (Å²) in [6, 6.07) is 8.31. The van der Waals surface area contributed by atoms with E-state index in [0.29, 0.717) is 18.4 Å². The van der Waals surface area contributed by atoms with Crippen molar-refractivity contribution in [2.24, 2.45) is 0 Å². The second-order valence-corrected chi connectivity index (χ2v) is 5.27. The third-order valence-electron chi connectivity index (χ3n) is 3.44. The monoisotopic (exact) mass is 349 g/mol. The first-order chi connectivity index (χ1) is 12.0. The largest absolute Gasteiger partial charge is 0.467 e. The van der Waals surface area contributed by atoms with Crippen LogP contribution in [0.2, 0.25) is 0 Å². The number of ether oxygens (including phenoxy) is 3. The van der Waals surface area contributed by atoms with Crippen LogP contribution < -0.4 is 5.32 Å². The first-order valence-corrected chi connectivity index (χ1v) is 7.79. The molecule has 0 saturated carbocycles. The number of nitrogens with one attached hydrogen (secondary N) is 1. The highest BCUT2D eigenvalue weighted by molar-refractivity contribution is 5.87. The Hall–Kier alpha value is -2.83. The molecule has 0 saturated heterocycles. The van der Waals surface area contributed by atoms with Crippen molar-refractivity contribution in [3.05, 3.63) is 48.0 Å². The van der Waals surface area contributed by atoms with Gasteiger partial charge in [0.15, 0.2) is 0 Å². The van der Waals surface area contributed by atoms with Crippen LogP contribution in [0.25, 0.3) is 0 Å². The van der Waals surface area contributed by atoms with Gasteiger partial charge in [0, 0.05) is 5.57 Å². The van der Waals surface area contributed by atoms with Crippen LogP contribution in [0.15, 0.2) is 42.5 Å². The molecule has 0 aliphatic heterocycles. The lowest BCUT2D eigenvalue weighted by Crippen LogP contribution is -2.41. The highest BCUT2D eigenvalue weighted by Gasteiger charge is 2.22. The van der Waals surface area contributed by atoms with Crippen LogP contribution in [0.1, 0.15) is 24.8 Å². The minimum atomic E-state index is -0.862. The second kappa shape index (κ2) is 10.9. The third kappa shape index (κ3) is 7.52. The fraction of sp³-hybridized carbons (Fsp3) is 0.389. The molecule has 0 heterocycles. The number of carbonyl (C=O) groups is 3. The smallest absolute Gasteiger partial charge is 0.408 e. The van der Waals surface area contributed by atoms with Crippen molar-refractivity contribution in [1.82, 2.24) is 5.32 Å². The van der Waals surface area contributed by atoms with Gasteiger partial charge in [-0.15, -0.1) is 0 Å². The Morgan fingerprint density at radius 3 is 2.40 bits per heavy atom. The van der Waals surface area contributed by atoms with Gasteiger partial charge in [0.1, 0.15) is 12.6 Å². The maximum absolute atomic E-state index is 11.9. The van der Waals surface area contributed by atoms with Gasteiger partial charge in [-0.1, -0.05) is 36.9 Å². The molecule has 0 fully saturated rings. The van der Waals surface area contributed by atoms with Crippen molar-refractivity contribution < 1.29 is 28.6 Å². The normalized spacial score (nSPS) is 11.1. The van der Waals surface area contributed by atoms with Crippen molar-refractivity contribution >= 4 is 18.0 Å². The van der Waals surface area contributed by atoms with E-state index in [9.17, 15) is 14.4 Å². The number of esters is 2. The van der Waals surface area contributed by atoms with Crippen molar-refractivity contribution in [1.29, 1.82) is 0 Å². The van der Waals surface area contributed by atoms with Crippen LogP contribution in [0, 0.1) is 0 Å². The number of carbonyl (C=O) groups excluding carboxylic acids is 3. The van der Waals surface area contributed by atoms with E-state index in [1.807, 2.05) is 30.3 Å². The van der Waals surface area contributed by atoms with Crippen molar-refractivity contribution in [3.8, 4) is 0 Å². The van der Waals surface area contributed by atoms with Crippen LogP contribution in [-0.4, -0.2) is 38.3 Å². The molecule has 7 heteroatoms. The fourth-order valence-electron chi connectivity index (χ4n) is 2.06. The zero-order chi connectivity index (χ0) is 18.7. The summed E-state index contributed by atoms with van der Waals surface area (Å²) in [5.74, 6) is -1.08. The van der Waals surface area contributed by atoms with Crippen LogP contribution >= 0.6 is 0 Å². The quantitative estimate of drug-likeness (QED) is 0.418. The standard InChI is InChI=1S/C18H23NO6/c1-13(16(20)23-2)8-7-11-15(17(21)24-3)19-18(22)25-12-14-9-5-4-6-10-14/h4-6,9-10,15H,1,7-8,11-12H2,2-3H3,(H,19,22)/t15-/m0/s1. The molecule has 1 N–H and O–H groups in total. The van der Waals surface area contributed by atoms with Gasteiger partial charge in [0.2, 0.25) is 0 Å². The first-order valence-electron chi connectivity index (χ1n) is 7.79. The Bertz CT molecular complexity index is 599. The number of methoxy groups -OCH3 is 2. The topological polar surface area (TPSA) is 90.9 Å². The number of amides is 1. The summed E-state index contributed by atoms with van der Waals surface area (Å²) in [7, 11) is 2.51. The van der Waals surface area contributed by atoms with Gasteiger partial charge < -0.3 is 19.5 Å². The van der Waals surface area contributed by atoms with Crippen LogP contribution in [0.3, 0.4) is 0 Å². The van der Waals surface area contributed by atoms with Gasteiger partial charge in [0.05, 0.1) is 14.2 Å². The van der Waals surface area contributed by atoms with E-state index in [2.05, 4.69) is 21.4 Å². The molecule has 1 aromatic rings.